The molecule has 6 heteroatoms. The average molecular weight is 512 g/mol. The first-order valence-corrected chi connectivity index (χ1v) is 13.3. The fourth-order valence-corrected chi connectivity index (χ4v) is 4.33. The van der Waals surface area contributed by atoms with Crippen molar-refractivity contribution >= 4 is 17.4 Å². The zero-order valence-corrected chi connectivity index (χ0v) is 23.5. The van der Waals surface area contributed by atoms with Crippen LogP contribution in [0, 0.1) is 0 Å². The molecule has 1 amide bonds. The molecule has 204 valence electrons. The monoisotopic (exact) mass is 511 g/mol. The summed E-state index contributed by atoms with van der Waals surface area (Å²) in [7, 11) is 1.64. The molecule has 0 aromatic heterocycles. The van der Waals surface area contributed by atoms with Crippen LogP contribution in [0.2, 0.25) is 0 Å². The van der Waals surface area contributed by atoms with Crippen molar-refractivity contribution in [1.82, 2.24) is 0 Å². The van der Waals surface area contributed by atoms with E-state index in [2.05, 4.69) is 45.1 Å². The van der Waals surface area contributed by atoms with Gasteiger partial charge in [0.1, 0.15) is 6.79 Å². The number of hydrogen-bond acceptors (Lipinski definition) is 5. The third kappa shape index (κ3) is 10.8. The highest BCUT2D eigenvalue weighted by molar-refractivity contribution is 5.98. The molecule has 0 aliphatic carbocycles. The van der Waals surface area contributed by atoms with Gasteiger partial charge in [-0.3, -0.25) is 9.59 Å². The van der Waals surface area contributed by atoms with E-state index >= 15 is 0 Å². The maximum atomic E-state index is 13.3. The average Bonchev–Trinajstić information content (AvgIpc) is 2.85. The van der Waals surface area contributed by atoms with Crippen LogP contribution in [0.5, 0.6) is 0 Å². The predicted octanol–water partition coefficient (Wildman–Crippen LogP) is 7.02. The van der Waals surface area contributed by atoms with E-state index in [4.69, 9.17) is 14.2 Å². The minimum atomic E-state index is -0.167. The topological polar surface area (TPSA) is 73.9 Å². The number of rotatable bonds is 16. The Bertz CT molecular complexity index is 995. The number of carbonyl (C=O) groups excluding carboxylic acids is 2. The summed E-state index contributed by atoms with van der Waals surface area (Å²) >= 11 is 0. The van der Waals surface area contributed by atoms with Gasteiger partial charge in [0.25, 0.3) is 0 Å². The van der Waals surface area contributed by atoms with Crippen LogP contribution >= 0.6 is 0 Å². The van der Waals surface area contributed by atoms with E-state index in [1.54, 1.807) is 20.1 Å². The Kier molecular flexibility index (Phi) is 13.0. The quantitative estimate of drug-likeness (QED) is 0.149. The lowest BCUT2D eigenvalue weighted by molar-refractivity contribution is -0.116. The van der Waals surface area contributed by atoms with Gasteiger partial charge in [-0.05, 0) is 47.4 Å². The normalized spacial score (nSPS) is 12.4. The third-order valence-electron chi connectivity index (χ3n) is 6.39. The molecule has 6 nitrogen and oxygen atoms in total. The van der Waals surface area contributed by atoms with Gasteiger partial charge in [0.05, 0.1) is 19.8 Å². The van der Waals surface area contributed by atoms with Crippen LogP contribution in [0.4, 0.5) is 5.69 Å². The lowest BCUT2D eigenvalue weighted by Gasteiger charge is -2.24. The summed E-state index contributed by atoms with van der Waals surface area (Å²) in [5.41, 5.74) is 4.36. The van der Waals surface area contributed by atoms with Crippen LogP contribution in [0.3, 0.4) is 0 Å². The van der Waals surface area contributed by atoms with Crippen molar-refractivity contribution in [3.8, 4) is 0 Å². The van der Waals surface area contributed by atoms with Gasteiger partial charge in [-0.1, -0.05) is 83.4 Å². The maximum absolute atomic E-state index is 13.3. The number of methoxy groups -OCH3 is 1. The molecule has 0 radical (unpaired) electrons. The minimum Gasteiger partial charge on any atom is -0.382 e. The minimum absolute atomic E-state index is 0.0171. The first-order chi connectivity index (χ1) is 17.7. The highest BCUT2D eigenvalue weighted by atomic mass is 16.7. The summed E-state index contributed by atoms with van der Waals surface area (Å²) in [6, 6.07) is 13.9. The fraction of sp³-hybridized carbons (Fsp3) is 0.548. The third-order valence-corrected chi connectivity index (χ3v) is 6.39. The van der Waals surface area contributed by atoms with Crippen molar-refractivity contribution in [3.05, 3.63) is 64.7 Å². The lowest BCUT2D eigenvalue weighted by atomic mass is 9.84. The molecule has 37 heavy (non-hydrogen) atoms. The van der Waals surface area contributed by atoms with Crippen molar-refractivity contribution in [3.63, 3.8) is 0 Å². The van der Waals surface area contributed by atoms with Crippen LogP contribution in [0.15, 0.2) is 42.5 Å². The lowest BCUT2D eigenvalue weighted by Crippen LogP contribution is -2.21. The van der Waals surface area contributed by atoms with E-state index in [1.807, 2.05) is 24.3 Å². The Morgan fingerprint density at radius 2 is 1.78 bits per heavy atom. The second-order valence-electron chi connectivity index (χ2n) is 10.6. The molecule has 2 aromatic rings. The van der Waals surface area contributed by atoms with Gasteiger partial charge in [0, 0.05) is 24.8 Å². The number of Topliss-reactive ketones (excluding diaryl/α,β-unsaturated/α-hetero) is 1. The number of hydrogen-bond donors (Lipinski definition) is 1. The summed E-state index contributed by atoms with van der Waals surface area (Å²) in [6.45, 7) is 11.7. The SMILES string of the molecule is CCCCCC(CC(=O)Nc1cc(C(C)=O)ccc1C(C)(C)C)c1cccc(COCOCCOC)c1. The first-order valence-electron chi connectivity index (χ1n) is 13.3. The number of anilines is 1. The van der Waals surface area contributed by atoms with Crippen LogP contribution in [0.1, 0.15) is 99.7 Å². The molecule has 2 aromatic carbocycles. The summed E-state index contributed by atoms with van der Waals surface area (Å²) in [5.74, 6) is 0.0379. The molecule has 0 saturated heterocycles. The molecule has 2 rings (SSSR count). The summed E-state index contributed by atoms with van der Waals surface area (Å²) < 4.78 is 16.0. The molecular weight excluding hydrogens is 466 g/mol. The number of unbranched alkanes of at least 4 members (excludes halogenated alkanes) is 2. The molecule has 1 unspecified atom stereocenters. The van der Waals surface area contributed by atoms with Gasteiger partial charge in [0.2, 0.25) is 5.91 Å². The van der Waals surface area contributed by atoms with Gasteiger partial charge in [-0.2, -0.15) is 0 Å². The smallest absolute Gasteiger partial charge is 0.224 e. The highest BCUT2D eigenvalue weighted by Crippen LogP contribution is 2.32. The van der Waals surface area contributed by atoms with Crippen LogP contribution in [0.25, 0.3) is 0 Å². The van der Waals surface area contributed by atoms with Gasteiger partial charge >= 0.3 is 0 Å². The molecule has 0 saturated carbocycles. The van der Waals surface area contributed by atoms with Gasteiger partial charge in [0.15, 0.2) is 5.78 Å². The molecule has 0 aliphatic rings. The van der Waals surface area contributed by atoms with E-state index in [0.29, 0.717) is 37.5 Å². The second-order valence-corrected chi connectivity index (χ2v) is 10.6. The van der Waals surface area contributed by atoms with E-state index in [9.17, 15) is 9.59 Å². The Balaban J connectivity index is 2.15. The van der Waals surface area contributed by atoms with Crippen molar-refractivity contribution in [2.45, 2.75) is 84.7 Å². The van der Waals surface area contributed by atoms with E-state index in [1.165, 1.54) is 0 Å². The number of benzene rings is 2. The molecule has 1 N–H and O–H groups in total. The largest absolute Gasteiger partial charge is 0.382 e. The summed E-state index contributed by atoms with van der Waals surface area (Å²) in [5, 5.41) is 3.13. The molecule has 0 fully saturated rings. The Labute approximate surface area is 223 Å². The number of ether oxygens (including phenoxy) is 3. The first kappa shape index (κ1) is 30.7. The number of carbonyl (C=O) groups is 2. The molecule has 0 aliphatic heterocycles. The second kappa shape index (κ2) is 15.7. The Morgan fingerprint density at radius 1 is 1.00 bits per heavy atom. The maximum Gasteiger partial charge on any atom is 0.224 e. The number of ketones is 1. The van der Waals surface area contributed by atoms with Gasteiger partial charge < -0.3 is 19.5 Å². The zero-order chi connectivity index (χ0) is 27.3. The van der Waals surface area contributed by atoms with Gasteiger partial charge in [-0.15, -0.1) is 0 Å². The van der Waals surface area contributed by atoms with E-state index < -0.39 is 0 Å². The number of amides is 1. The van der Waals surface area contributed by atoms with Crippen LogP contribution < -0.4 is 5.32 Å². The summed E-state index contributed by atoms with van der Waals surface area (Å²) in [4.78, 5) is 25.3. The predicted molar refractivity (Wildman–Crippen MR) is 149 cm³/mol. The van der Waals surface area contributed by atoms with Crippen molar-refractivity contribution < 1.29 is 23.8 Å². The summed E-state index contributed by atoms with van der Waals surface area (Å²) in [6.07, 6.45) is 4.64. The Hall–Kier alpha value is -2.54. The Morgan fingerprint density at radius 3 is 2.46 bits per heavy atom. The molecule has 0 bridgehead atoms. The van der Waals surface area contributed by atoms with Crippen LogP contribution in [-0.2, 0) is 31.0 Å². The van der Waals surface area contributed by atoms with E-state index in [-0.39, 0.29) is 29.8 Å². The fourth-order valence-electron chi connectivity index (χ4n) is 4.33. The number of nitrogens with one attached hydrogen (secondary N) is 1. The molecule has 0 heterocycles. The zero-order valence-electron chi connectivity index (χ0n) is 23.5. The van der Waals surface area contributed by atoms with Crippen molar-refractivity contribution in [2.75, 3.05) is 32.4 Å². The van der Waals surface area contributed by atoms with Gasteiger partial charge in [-0.25, -0.2) is 0 Å². The van der Waals surface area contributed by atoms with E-state index in [0.717, 1.165) is 42.4 Å². The molecule has 1 atom stereocenters. The standard InChI is InChI=1S/C31H45NO5/c1-7-8-9-12-27(26-13-10-11-24(18-26)21-37-22-36-17-16-35-6)20-30(34)32-29-19-25(23(2)33)14-15-28(29)31(3,4)5/h10-11,13-15,18-19,27H,7-9,12,16-17,20-22H2,1-6H3,(H,32,34). The highest BCUT2D eigenvalue weighted by Gasteiger charge is 2.22. The molecular formula is C31H45NO5. The van der Waals surface area contributed by atoms with Crippen LogP contribution in [-0.4, -0.2) is 38.8 Å². The van der Waals surface area contributed by atoms with Crippen molar-refractivity contribution in [2.24, 2.45) is 0 Å². The van der Waals surface area contributed by atoms with Crippen molar-refractivity contribution in [1.29, 1.82) is 0 Å². The molecule has 0 spiro atoms.